The summed E-state index contributed by atoms with van der Waals surface area (Å²) in [6, 6.07) is 18.9. The van der Waals surface area contributed by atoms with Crippen LogP contribution in [0, 0.1) is 0 Å². The minimum Gasteiger partial charge on any atom is -0.435 e. The number of hydroxylamine groups is 1. The van der Waals surface area contributed by atoms with Crippen LogP contribution < -0.4 is 10.1 Å². The van der Waals surface area contributed by atoms with Crippen LogP contribution in [-0.4, -0.2) is 39.6 Å². The van der Waals surface area contributed by atoms with Gasteiger partial charge in [0.05, 0.1) is 12.0 Å². The smallest absolute Gasteiger partial charge is 0.387 e. The minimum atomic E-state index is -3.84. The fourth-order valence-corrected chi connectivity index (χ4v) is 4.02. The number of benzene rings is 3. The summed E-state index contributed by atoms with van der Waals surface area (Å²) in [5, 5.41) is 2.69. The molecule has 0 bridgehead atoms. The molecule has 3 rings (SSSR count). The van der Waals surface area contributed by atoms with Gasteiger partial charge in [-0.15, -0.1) is 0 Å². The Hall–Kier alpha value is -3.34. The van der Waals surface area contributed by atoms with Crippen molar-refractivity contribution in [2.75, 3.05) is 19.5 Å². The van der Waals surface area contributed by atoms with Gasteiger partial charge in [-0.2, -0.15) is 8.78 Å². The molecule has 0 aliphatic heterocycles. The predicted octanol–water partition coefficient (Wildman–Crippen LogP) is 4.31. The molecule has 0 saturated heterocycles. The van der Waals surface area contributed by atoms with Gasteiger partial charge in [0.1, 0.15) is 5.75 Å². The molecule has 0 aromatic heterocycles. The third-order valence-electron chi connectivity index (χ3n) is 4.78. The number of ether oxygens (including phenoxy) is 1. The molecule has 0 spiro atoms. The third-order valence-corrected chi connectivity index (χ3v) is 6.48. The number of nitrogens with zero attached hydrogens (tertiary/aromatic N) is 1. The second-order valence-corrected chi connectivity index (χ2v) is 8.87. The highest BCUT2D eigenvalue weighted by Gasteiger charge is 2.21. The van der Waals surface area contributed by atoms with Crippen LogP contribution in [0.5, 0.6) is 5.75 Å². The van der Waals surface area contributed by atoms with Gasteiger partial charge in [0.25, 0.3) is 15.9 Å². The van der Waals surface area contributed by atoms with Crippen LogP contribution >= 0.6 is 0 Å². The first kappa shape index (κ1) is 24.3. The van der Waals surface area contributed by atoms with E-state index in [1.807, 2.05) is 30.3 Å². The summed E-state index contributed by atoms with van der Waals surface area (Å²) in [7, 11) is -1.36. The van der Waals surface area contributed by atoms with Crippen LogP contribution in [0.25, 0.3) is 0 Å². The molecule has 0 aliphatic carbocycles. The fourth-order valence-electron chi connectivity index (χ4n) is 3.05. The Morgan fingerprint density at radius 1 is 1.03 bits per heavy atom. The zero-order chi connectivity index (χ0) is 24.0. The lowest BCUT2D eigenvalue weighted by atomic mass is 10.0. The summed E-state index contributed by atoms with van der Waals surface area (Å²) in [5.74, 6) is -0.476. The number of hydrogen-bond donors (Lipinski definition) is 1. The molecule has 3 aromatic rings. The van der Waals surface area contributed by atoms with E-state index in [0.717, 1.165) is 5.56 Å². The summed E-state index contributed by atoms with van der Waals surface area (Å²) in [4.78, 5) is 17.3. The molecule has 10 heteroatoms. The van der Waals surface area contributed by atoms with E-state index < -0.39 is 22.5 Å². The summed E-state index contributed by atoms with van der Waals surface area (Å²) in [6.45, 7) is -2.98. The number of carbonyl (C=O) groups excluding carboxylic acids is 1. The van der Waals surface area contributed by atoms with Crippen molar-refractivity contribution < 1.29 is 31.6 Å². The standard InChI is InChI=1S/C23H22F2N2O5S/c1-27(31-2)33(29,30)20-11-8-17(9-12-20)22(28)26-19-10-13-21(32-23(24)25)18(15-19)14-16-6-4-3-5-7-16/h3-13,15,23H,14H2,1-2H3,(H,26,28). The summed E-state index contributed by atoms with van der Waals surface area (Å²) in [5.41, 5.74) is 1.95. The van der Waals surface area contributed by atoms with E-state index in [1.165, 1.54) is 50.6 Å². The van der Waals surface area contributed by atoms with Crippen molar-refractivity contribution in [2.45, 2.75) is 17.9 Å². The third kappa shape index (κ3) is 6.13. The zero-order valence-electron chi connectivity index (χ0n) is 17.9. The lowest BCUT2D eigenvalue weighted by Gasteiger charge is -2.15. The van der Waals surface area contributed by atoms with Crippen molar-refractivity contribution in [2.24, 2.45) is 0 Å². The monoisotopic (exact) mass is 476 g/mol. The van der Waals surface area contributed by atoms with Gasteiger partial charge in [-0.1, -0.05) is 34.8 Å². The number of amides is 1. The van der Waals surface area contributed by atoms with Gasteiger partial charge in [-0.05, 0) is 48.0 Å². The van der Waals surface area contributed by atoms with Gasteiger partial charge in [0.2, 0.25) is 0 Å². The van der Waals surface area contributed by atoms with Crippen LogP contribution in [0.15, 0.2) is 77.7 Å². The first-order chi connectivity index (χ1) is 15.7. The summed E-state index contributed by atoms with van der Waals surface area (Å²) >= 11 is 0. The Labute approximate surface area is 190 Å². The van der Waals surface area contributed by atoms with Crippen molar-refractivity contribution in [1.29, 1.82) is 0 Å². The van der Waals surface area contributed by atoms with E-state index in [0.29, 0.717) is 22.1 Å². The molecule has 3 aromatic carbocycles. The van der Waals surface area contributed by atoms with Gasteiger partial charge < -0.3 is 10.1 Å². The Morgan fingerprint density at radius 3 is 2.30 bits per heavy atom. The Morgan fingerprint density at radius 2 is 1.70 bits per heavy atom. The number of alkyl halides is 2. The van der Waals surface area contributed by atoms with Crippen LogP contribution in [0.4, 0.5) is 14.5 Å². The van der Waals surface area contributed by atoms with E-state index >= 15 is 0 Å². The summed E-state index contributed by atoms with van der Waals surface area (Å²) in [6.07, 6.45) is 0.326. The van der Waals surface area contributed by atoms with Gasteiger partial charge in [-0.3, -0.25) is 9.63 Å². The topological polar surface area (TPSA) is 84.9 Å². The average molecular weight is 477 g/mol. The van der Waals surface area contributed by atoms with Crippen LogP contribution in [0.1, 0.15) is 21.5 Å². The highest BCUT2D eigenvalue weighted by Crippen LogP contribution is 2.27. The highest BCUT2D eigenvalue weighted by molar-refractivity contribution is 7.89. The molecule has 0 fully saturated rings. The van der Waals surface area contributed by atoms with Gasteiger partial charge in [-0.25, -0.2) is 8.42 Å². The Bertz CT molecular complexity index is 1200. The van der Waals surface area contributed by atoms with Crippen molar-refractivity contribution >= 4 is 21.6 Å². The predicted molar refractivity (Wildman–Crippen MR) is 119 cm³/mol. The number of carbonyl (C=O) groups is 1. The van der Waals surface area contributed by atoms with E-state index in [2.05, 4.69) is 10.1 Å². The lowest BCUT2D eigenvalue weighted by molar-refractivity contribution is -0.0503. The molecule has 0 heterocycles. The van der Waals surface area contributed by atoms with Gasteiger partial charge in [0, 0.05) is 30.3 Å². The Kier molecular flexibility index (Phi) is 7.75. The van der Waals surface area contributed by atoms with Gasteiger partial charge >= 0.3 is 6.61 Å². The Balaban J connectivity index is 1.81. The molecular formula is C23H22F2N2O5S. The van der Waals surface area contributed by atoms with Crippen LogP contribution in [-0.2, 0) is 21.3 Å². The first-order valence-electron chi connectivity index (χ1n) is 9.77. The normalized spacial score (nSPS) is 11.6. The molecule has 174 valence electrons. The highest BCUT2D eigenvalue weighted by atomic mass is 32.2. The van der Waals surface area contributed by atoms with Crippen molar-refractivity contribution in [3.8, 4) is 5.75 Å². The quantitative estimate of drug-likeness (QED) is 0.465. The van der Waals surface area contributed by atoms with Crippen LogP contribution in [0.3, 0.4) is 0 Å². The maximum atomic E-state index is 12.8. The first-order valence-corrected chi connectivity index (χ1v) is 11.2. The van der Waals surface area contributed by atoms with Crippen molar-refractivity contribution in [1.82, 2.24) is 4.47 Å². The fraction of sp³-hybridized carbons (Fsp3) is 0.174. The van der Waals surface area contributed by atoms with E-state index in [1.54, 1.807) is 6.07 Å². The number of halogens is 2. The number of nitrogens with one attached hydrogen (secondary N) is 1. The molecule has 1 amide bonds. The molecule has 0 saturated carbocycles. The minimum absolute atomic E-state index is 0.0173. The number of rotatable bonds is 9. The maximum absolute atomic E-state index is 12.8. The number of anilines is 1. The number of sulfonamides is 1. The molecule has 33 heavy (non-hydrogen) atoms. The molecule has 7 nitrogen and oxygen atoms in total. The largest absolute Gasteiger partial charge is 0.435 e. The molecule has 0 unspecified atom stereocenters. The zero-order valence-corrected chi connectivity index (χ0v) is 18.7. The lowest BCUT2D eigenvalue weighted by Crippen LogP contribution is -2.25. The van der Waals surface area contributed by atoms with E-state index in [-0.39, 0.29) is 16.2 Å². The van der Waals surface area contributed by atoms with Crippen molar-refractivity contribution in [3.05, 3.63) is 89.5 Å². The molecule has 0 radical (unpaired) electrons. The van der Waals surface area contributed by atoms with E-state index in [9.17, 15) is 22.0 Å². The van der Waals surface area contributed by atoms with E-state index in [4.69, 9.17) is 4.84 Å². The summed E-state index contributed by atoms with van der Waals surface area (Å²) < 4.78 is 55.5. The molecule has 0 atom stereocenters. The number of hydrogen-bond acceptors (Lipinski definition) is 5. The second-order valence-electron chi connectivity index (χ2n) is 6.94. The van der Waals surface area contributed by atoms with Crippen LogP contribution in [0.2, 0.25) is 0 Å². The average Bonchev–Trinajstić information content (AvgIpc) is 2.80. The molecular weight excluding hydrogens is 454 g/mol. The molecule has 1 N–H and O–H groups in total. The maximum Gasteiger partial charge on any atom is 0.387 e. The SMILES string of the molecule is CON(C)S(=O)(=O)c1ccc(C(=O)Nc2ccc(OC(F)F)c(Cc3ccccc3)c2)cc1. The van der Waals surface area contributed by atoms with Gasteiger partial charge in [0.15, 0.2) is 0 Å². The second kappa shape index (κ2) is 10.5. The molecule has 0 aliphatic rings. The van der Waals surface area contributed by atoms with Crippen molar-refractivity contribution in [3.63, 3.8) is 0 Å².